The number of nitrogens with zero attached hydrogens (tertiary/aromatic N) is 5. The number of β-lactam (4-membered cyclic amide) rings is 1. The molecule has 0 N–H and O–H groups in total. The van der Waals surface area contributed by atoms with Gasteiger partial charge in [-0.1, -0.05) is 34.9 Å². The van der Waals surface area contributed by atoms with Crippen molar-refractivity contribution in [2.24, 2.45) is 5.11 Å². The molecule has 1 aliphatic heterocycles. The number of nitro groups is 1. The van der Waals surface area contributed by atoms with E-state index in [4.69, 9.17) is 5.53 Å². The molecule has 2 atom stereocenters. The summed E-state index contributed by atoms with van der Waals surface area (Å²) in [4.78, 5) is 26.9. The van der Waals surface area contributed by atoms with E-state index in [2.05, 4.69) is 10.0 Å². The van der Waals surface area contributed by atoms with Crippen LogP contribution in [0.5, 0.6) is 0 Å². The van der Waals surface area contributed by atoms with Crippen LogP contribution >= 0.6 is 0 Å². The second-order valence-corrected chi connectivity index (χ2v) is 5.49. The fourth-order valence-corrected chi connectivity index (χ4v) is 2.76. The highest BCUT2D eigenvalue weighted by Gasteiger charge is 2.48. The Morgan fingerprint density at radius 3 is 2.33 bits per heavy atom. The van der Waals surface area contributed by atoms with E-state index < -0.39 is 17.0 Å². The Labute approximate surface area is 137 Å². The van der Waals surface area contributed by atoms with Gasteiger partial charge in [-0.25, -0.2) is 0 Å². The number of non-ortho nitro benzene ring substituents is 1. The van der Waals surface area contributed by atoms with Crippen LogP contribution in [0.3, 0.4) is 0 Å². The Balaban J connectivity index is 1.99. The predicted molar refractivity (Wildman–Crippen MR) is 87.4 cm³/mol. The molecule has 1 saturated heterocycles. The van der Waals surface area contributed by atoms with E-state index in [-0.39, 0.29) is 11.6 Å². The summed E-state index contributed by atoms with van der Waals surface area (Å²) in [7, 11) is 0. The summed E-state index contributed by atoms with van der Waals surface area (Å²) in [6.45, 7) is 1.94. The number of anilines is 1. The van der Waals surface area contributed by atoms with Crippen molar-refractivity contribution < 1.29 is 9.72 Å². The number of hydrogen-bond acceptors (Lipinski definition) is 4. The Bertz CT molecular complexity index is 841. The highest BCUT2D eigenvalue weighted by atomic mass is 16.6. The number of nitro benzene ring substituents is 1. The molecule has 0 aromatic heterocycles. The van der Waals surface area contributed by atoms with E-state index in [1.807, 2.05) is 31.2 Å². The third-order valence-electron chi connectivity index (χ3n) is 4.00. The van der Waals surface area contributed by atoms with E-state index in [0.29, 0.717) is 11.3 Å². The maximum absolute atomic E-state index is 12.3. The zero-order valence-electron chi connectivity index (χ0n) is 12.7. The molecule has 0 radical (unpaired) electrons. The average molecular weight is 323 g/mol. The molecule has 2 aromatic carbocycles. The zero-order valence-corrected chi connectivity index (χ0v) is 12.7. The molecule has 24 heavy (non-hydrogen) atoms. The fourth-order valence-electron chi connectivity index (χ4n) is 2.76. The van der Waals surface area contributed by atoms with Crippen molar-refractivity contribution in [3.63, 3.8) is 0 Å². The summed E-state index contributed by atoms with van der Waals surface area (Å²) < 4.78 is 0. The third-order valence-corrected chi connectivity index (χ3v) is 4.00. The van der Waals surface area contributed by atoms with E-state index in [9.17, 15) is 14.9 Å². The first-order valence-corrected chi connectivity index (χ1v) is 7.21. The standard InChI is InChI=1S/C16H13N5O3/c1-10-2-6-12(7-3-10)20-15(14(16(20)22)18-19-17)11-4-8-13(9-5-11)21(23)24/h2-9,14-15H,1H3/t14-,15+/m0/s1. The van der Waals surface area contributed by atoms with Crippen LogP contribution in [0, 0.1) is 17.0 Å². The quantitative estimate of drug-likeness (QED) is 0.213. The first-order chi connectivity index (χ1) is 11.5. The Morgan fingerprint density at radius 1 is 1.17 bits per heavy atom. The average Bonchev–Trinajstić information content (AvgIpc) is 2.58. The molecule has 2 aromatic rings. The molecule has 1 fully saturated rings. The number of carbonyl (C=O) groups is 1. The second kappa shape index (κ2) is 6.02. The molecular formula is C16H13N5O3. The van der Waals surface area contributed by atoms with Crippen molar-refractivity contribution in [2.45, 2.75) is 19.0 Å². The van der Waals surface area contributed by atoms with Crippen molar-refractivity contribution in [3.05, 3.63) is 80.2 Å². The number of benzene rings is 2. The van der Waals surface area contributed by atoms with Gasteiger partial charge in [0.1, 0.15) is 6.04 Å². The fraction of sp³-hybridized carbons (Fsp3) is 0.188. The van der Waals surface area contributed by atoms with Crippen molar-refractivity contribution in [3.8, 4) is 0 Å². The molecule has 1 heterocycles. The highest BCUT2D eigenvalue weighted by molar-refractivity contribution is 6.06. The van der Waals surface area contributed by atoms with Crippen molar-refractivity contribution in [1.29, 1.82) is 0 Å². The molecule has 1 aliphatic rings. The van der Waals surface area contributed by atoms with Crippen LogP contribution in [0.1, 0.15) is 17.2 Å². The van der Waals surface area contributed by atoms with Gasteiger partial charge in [0.2, 0.25) is 5.91 Å². The Morgan fingerprint density at radius 2 is 1.79 bits per heavy atom. The lowest BCUT2D eigenvalue weighted by Crippen LogP contribution is -2.58. The molecule has 0 unspecified atom stereocenters. The van der Waals surface area contributed by atoms with Crippen LogP contribution in [0.2, 0.25) is 0 Å². The first kappa shape index (κ1) is 15.5. The molecule has 0 saturated carbocycles. The lowest BCUT2D eigenvalue weighted by atomic mass is 9.88. The van der Waals surface area contributed by atoms with Crippen LogP contribution in [0.25, 0.3) is 10.4 Å². The summed E-state index contributed by atoms with van der Waals surface area (Å²) in [5.74, 6) is -0.292. The minimum atomic E-state index is -0.849. The topological polar surface area (TPSA) is 112 Å². The van der Waals surface area contributed by atoms with Crippen LogP contribution in [-0.2, 0) is 4.79 Å². The summed E-state index contributed by atoms with van der Waals surface area (Å²) in [6.07, 6.45) is 0. The summed E-state index contributed by atoms with van der Waals surface area (Å²) in [6, 6.07) is 12.0. The number of carbonyl (C=O) groups excluding carboxylic acids is 1. The minimum Gasteiger partial charge on any atom is -0.304 e. The molecule has 3 rings (SSSR count). The largest absolute Gasteiger partial charge is 0.304 e. The van der Waals surface area contributed by atoms with Crippen LogP contribution in [0.4, 0.5) is 11.4 Å². The van der Waals surface area contributed by atoms with Crippen LogP contribution in [0.15, 0.2) is 53.6 Å². The van der Waals surface area contributed by atoms with Gasteiger partial charge in [-0.2, -0.15) is 0 Å². The summed E-state index contributed by atoms with van der Waals surface area (Å²) >= 11 is 0. The van der Waals surface area contributed by atoms with Gasteiger partial charge in [0.05, 0.1) is 11.0 Å². The second-order valence-electron chi connectivity index (χ2n) is 5.49. The van der Waals surface area contributed by atoms with Crippen molar-refractivity contribution in [2.75, 3.05) is 4.90 Å². The van der Waals surface area contributed by atoms with Gasteiger partial charge in [-0.3, -0.25) is 14.9 Å². The monoisotopic (exact) mass is 323 g/mol. The van der Waals surface area contributed by atoms with Gasteiger partial charge in [-0.15, -0.1) is 0 Å². The smallest absolute Gasteiger partial charge is 0.269 e. The molecule has 0 bridgehead atoms. The maximum atomic E-state index is 12.3. The molecule has 0 spiro atoms. The van der Waals surface area contributed by atoms with E-state index in [1.54, 1.807) is 17.0 Å². The number of azide groups is 1. The number of amides is 1. The van der Waals surface area contributed by atoms with Gasteiger partial charge in [-0.05, 0) is 30.2 Å². The zero-order chi connectivity index (χ0) is 17.3. The van der Waals surface area contributed by atoms with Gasteiger partial charge >= 0.3 is 0 Å². The Hall–Kier alpha value is -3.38. The first-order valence-electron chi connectivity index (χ1n) is 7.21. The number of hydrogen-bond donors (Lipinski definition) is 0. The molecule has 8 nitrogen and oxygen atoms in total. The molecular weight excluding hydrogens is 310 g/mol. The lowest BCUT2D eigenvalue weighted by Gasteiger charge is -2.45. The molecule has 8 heteroatoms. The van der Waals surface area contributed by atoms with Crippen LogP contribution in [-0.4, -0.2) is 16.9 Å². The van der Waals surface area contributed by atoms with Gasteiger partial charge in [0.15, 0.2) is 0 Å². The molecule has 0 aliphatic carbocycles. The predicted octanol–water partition coefficient (Wildman–Crippen LogP) is 3.67. The van der Waals surface area contributed by atoms with E-state index in [0.717, 1.165) is 5.56 Å². The normalized spacial score (nSPS) is 19.4. The third kappa shape index (κ3) is 2.55. The van der Waals surface area contributed by atoms with Gasteiger partial charge in [0, 0.05) is 22.7 Å². The minimum absolute atomic E-state index is 0.0355. The summed E-state index contributed by atoms with van der Waals surface area (Å²) in [5.41, 5.74) is 11.1. The summed E-state index contributed by atoms with van der Waals surface area (Å²) in [5, 5.41) is 14.4. The van der Waals surface area contributed by atoms with E-state index in [1.165, 1.54) is 12.1 Å². The molecule has 1 amide bonds. The number of rotatable bonds is 4. The lowest BCUT2D eigenvalue weighted by molar-refractivity contribution is -0.384. The maximum Gasteiger partial charge on any atom is 0.269 e. The Kier molecular flexibility index (Phi) is 3.89. The van der Waals surface area contributed by atoms with Crippen molar-refractivity contribution >= 4 is 17.3 Å². The highest BCUT2D eigenvalue weighted by Crippen LogP contribution is 2.41. The van der Waals surface area contributed by atoms with Crippen LogP contribution < -0.4 is 4.90 Å². The number of aryl methyl sites for hydroxylation is 1. The van der Waals surface area contributed by atoms with E-state index >= 15 is 0 Å². The van der Waals surface area contributed by atoms with Gasteiger partial charge < -0.3 is 4.90 Å². The van der Waals surface area contributed by atoms with Crippen molar-refractivity contribution in [1.82, 2.24) is 0 Å². The SMILES string of the molecule is Cc1ccc(N2C(=O)[C@@H](N=[N+]=[N-])[C@H]2c2ccc([N+](=O)[O-])cc2)cc1. The molecule has 120 valence electrons. The van der Waals surface area contributed by atoms with Gasteiger partial charge in [0.25, 0.3) is 5.69 Å².